The first kappa shape index (κ1) is 29.7. The van der Waals surface area contributed by atoms with E-state index in [2.05, 4.69) is 199 Å². The number of rotatable bonds is 4. The van der Waals surface area contributed by atoms with Gasteiger partial charge in [-0.25, -0.2) is 4.98 Å². The van der Waals surface area contributed by atoms with E-state index in [0.717, 1.165) is 33.7 Å². The molecule has 0 spiro atoms. The van der Waals surface area contributed by atoms with Gasteiger partial charge in [0.05, 0.1) is 16.9 Å². The van der Waals surface area contributed by atoms with Crippen LogP contribution >= 0.6 is 0 Å². The van der Waals surface area contributed by atoms with Crippen LogP contribution in [0.1, 0.15) is 0 Å². The molecule has 0 aliphatic heterocycles. The van der Waals surface area contributed by atoms with Gasteiger partial charge in [0, 0.05) is 21.9 Å². The maximum absolute atomic E-state index is 5.54. The van der Waals surface area contributed by atoms with E-state index in [4.69, 9.17) is 4.98 Å². The lowest BCUT2D eigenvalue weighted by molar-refractivity contribution is 1.27. The van der Waals surface area contributed by atoms with Crippen LogP contribution in [0.4, 0.5) is 0 Å². The molecule has 2 nitrogen and oxygen atoms in total. The average Bonchev–Trinajstić information content (AvgIpc) is 3.65. The number of benzene rings is 9. The maximum atomic E-state index is 5.54. The van der Waals surface area contributed by atoms with Crippen molar-refractivity contribution in [1.82, 2.24) is 9.38 Å². The minimum absolute atomic E-state index is 0.970. The molecule has 2 heterocycles. The Hall–Kier alpha value is -7.03. The van der Waals surface area contributed by atoms with E-state index < -0.39 is 0 Å². The third-order valence-electron chi connectivity index (χ3n) is 11.0. The third-order valence-corrected chi connectivity index (χ3v) is 11.0. The van der Waals surface area contributed by atoms with Crippen molar-refractivity contribution in [2.45, 2.75) is 0 Å². The zero-order chi connectivity index (χ0) is 34.9. The molecular weight excluding hydrogens is 641 g/mol. The van der Waals surface area contributed by atoms with Crippen LogP contribution in [0.2, 0.25) is 0 Å². The Labute approximate surface area is 306 Å². The van der Waals surface area contributed by atoms with Gasteiger partial charge in [0.15, 0.2) is 0 Å². The van der Waals surface area contributed by atoms with Crippen molar-refractivity contribution >= 4 is 59.6 Å². The number of aromatic nitrogens is 2. The van der Waals surface area contributed by atoms with Crippen molar-refractivity contribution in [3.8, 4) is 44.8 Å². The first-order chi connectivity index (χ1) is 26.3. The summed E-state index contributed by atoms with van der Waals surface area (Å²) in [6.45, 7) is 0. The van der Waals surface area contributed by atoms with Gasteiger partial charge in [-0.05, 0) is 72.1 Å². The summed E-state index contributed by atoms with van der Waals surface area (Å²) in [7, 11) is 0. The van der Waals surface area contributed by atoms with Gasteiger partial charge in [0.2, 0.25) is 0 Å². The lowest BCUT2D eigenvalue weighted by atomic mass is 9.92. The van der Waals surface area contributed by atoms with Crippen LogP contribution < -0.4 is 0 Å². The van der Waals surface area contributed by atoms with E-state index in [-0.39, 0.29) is 0 Å². The molecule has 9 aromatic carbocycles. The van der Waals surface area contributed by atoms with Gasteiger partial charge in [-0.15, -0.1) is 0 Å². The molecular formula is C51H32N2. The Morgan fingerprint density at radius 3 is 1.70 bits per heavy atom. The fourth-order valence-electron chi connectivity index (χ4n) is 8.48. The molecule has 0 radical (unpaired) electrons. The minimum atomic E-state index is 0.970. The van der Waals surface area contributed by atoms with Gasteiger partial charge in [-0.3, -0.25) is 4.40 Å². The predicted molar refractivity (Wildman–Crippen MR) is 224 cm³/mol. The summed E-state index contributed by atoms with van der Waals surface area (Å²) < 4.78 is 2.42. The van der Waals surface area contributed by atoms with E-state index in [1.54, 1.807) is 0 Å². The van der Waals surface area contributed by atoms with Gasteiger partial charge in [0.1, 0.15) is 5.65 Å². The van der Waals surface area contributed by atoms with Crippen LogP contribution in [0.15, 0.2) is 194 Å². The highest BCUT2D eigenvalue weighted by Crippen LogP contribution is 2.42. The second kappa shape index (κ2) is 11.8. The predicted octanol–water partition coefficient (Wildman–Crippen LogP) is 13.8. The quantitative estimate of drug-likeness (QED) is 0.170. The molecule has 0 aliphatic rings. The number of nitrogens with zero attached hydrogens (tertiary/aromatic N) is 2. The van der Waals surface area contributed by atoms with E-state index in [1.165, 1.54) is 70.7 Å². The SMILES string of the molecule is c1ccc(-c2nc3c4c5ccccc5ccc4c4ccc(-c5ccc(-c6cc7ccccc7c7ccccc67)cc5)cc4n3c2-c2ccccc2)cc1. The Morgan fingerprint density at radius 1 is 0.340 bits per heavy atom. The van der Waals surface area contributed by atoms with Crippen molar-refractivity contribution < 1.29 is 0 Å². The van der Waals surface area contributed by atoms with Crippen LogP contribution in [0.5, 0.6) is 0 Å². The topological polar surface area (TPSA) is 17.3 Å². The molecule has 0 unspecified atom stereocenters. The maximum Gasteiger partial charge on any atom is 0.147 e. The molecule has 0 aliphatic carbocycles. The zero-order valence-corrected chi connectivity index (χ0v) is 28.9. The molecule has 0 fully saturated rings. The molecule has 0 atom stereocenters. The van der Waals surface area contributed by atoms with Crippen LogP contribution in [-0.4, -0.2) is 9.38 Å². The van der Waals surface area contributed by atoms with Crippen molar-refractivity contribution in [2.75, 3.05) is 0 Å². The Balaban J connectivity index is 1.17. The molecule has 0 amide bonds. The second-order valence-corrected chi connectivity index (χ2v) is 13.9. The van der Waals surface area contributed by atoms with E-state index in [9.17, 15) is 0 Å². The van der Waals surface area contributed by atoms with Crippen molar-refractivity contribution in [3.63, 3.8) is 0 Å². The summed E-state index contributed by atoms with van der Waals surface area (Å²) in [6.07, 6.45) is 0. The summed E-state index contributed by atoms with van der Waals surface area (Å²) in [4.78, 5) is 5.54. The normalized spacial score (nSPS) is 11.8. The molecule has 53 heavy (non-hydrogen) atoms. The fraction of sp³-hybridized carbons (Fsp3) is 0. The van der Waals surface area contributed by atoms with Gasteiger partial charge in [0.25, 0.3) is 0 Å². The highest BCUT2D eigenvalue weighted by molar-refractivity contribution is 6.23. The van der Waals surface area contributed by atoms with Crippen LogP contribution in [0, 0.1) is 0 Å². The van der Waals surface area contributed by atoms with Crippen LogP contribution in [-0.2, 0) is 0 Å². The van der Waals surface area contributed by atoms with Gasteiger partial charge in [-0.2, -0.15) is 0 Å². The molecule has 0 saturated heterocycles. The number of imidazole rings is 1. The second-order valence-electron chi connectivity index (χ2n) is 13.9. The lowest BCUT2D eigenvalue weighted by Gasteiger charge is -2.15. The van der Waals surface area contributed by atoms with Gasteiger partial charge < -0.3 is 0 Å². The highest BCUT2D eigenvalue weighted by atomic mass is 15.0. The molecule has 246 valence electrons. The van der Waals surface area contributed by atoms with Gasteiger partial charge in [-0.1, -0.05) is 182 Å². The molecule has 0 N–H and O–H groups in total. The van der Waals surface area contributed by atoms with Crippen molar-refractivity contribution in [2.24, 2.45) is 0 Å². The minimum Gasteiger partial charge on any atom is -0.291 e. The summed E-state index contributed by atoms with van der Waals surface area (Å²) >= 11 is 0. The Bertz CT molecular complexity index is 3190. The van der Waals surface area contributed by atoms with Crippen molar-refractivity contribution in [1.29, 1.82) is 0 Å². The largest absolute Gasteiger partial charge is 0.291 e. The molecule has 11 rings (SSSR count). The summed E-state index contributed by atoms with van der Waals surface area (Å²) in [5.41, 5.74) is 11.2. The number of hydrogen-bond acceptors (Lipinski definition) is 1. The zero-order valence-electron chi connectivity index (χ0n) is 28.9. The smallest absolute Gasteiger partial charge is 0.147 e. The first-order valence-electron chi connectivity index (χ1n) is 18.2. The summed E-state index contributed by atoms with van der Waals surface area (Å²) in [6, 6.07) is 70.4. The van der Waals surface area contributed by atoms with E-state index in [0.29, 0.717) is 0 Å². The van der Waals surface area contributed by atoms with Gasteiger partial charge >= 0.3 is 0 Å². The molecule has 0 bridgehead atoms. The molecule has 0 saturated carbocycles. The third kappa shape index (κ3) is 4.63. The highest BCUT2D eigenvalue weighted by Gasteiger charge is 2.22. The number of hydrogen-bond donors (Lipinski definition) is 0. The first-order valence-corrected chi connectivity index (χ1v) is 18.2. The standard InChI is InChI=1S/C51H32N2/c1-3-14-36(15-4-1)49-50(37-16-5-2-6-17-37)53-47-32-38(28-29-44(47)45-30-27-34-13-7-10-20-41(34)48(45)51(53)52-49)33-23-25-35(26-24-33)46-31-39-18-8-9-19-40(39)42-21-11-12-22-43(42)46/h1-32H. The molecule has 2 aromatic heterocycles. The van der Waals surface area contributed by atoms with Crippen LogP contribution in [0.3, 0.4) is 0 Å². The van der Waals surface area contributed by atoms with E-state index in [1.807, 2.05) is 0 Å². The monoisotopic (exact) mass is 672 g/mol. The molecule has 2 heteroatoms. The Kier molecular flexibility index (Phi) is 6.59. The van der Waals surface area contributed by atoms with Crippen molar-refractivity contribution in [3.05, 3.63) is 194 Å². The summed E-state index contributed by atoms with van der Waals surface area (Å²) in [5, 5.41) is 11.1. The number of pyridine rings is 1. The number of fused-ring (bicyclic) bond motifs is 11. The fourth-order valence-corrected chi connectivity index (χ4v) is 8.48. The summed E-state index contributed by atoms with van der Waals surface area (Å²) in [5.74, 6) is 0. The lowest BCUT2D eigenvalue weighted by Crippen LogP contribution is -1.96. The van der Waals surface area contributed by atoms with Crippen LogP contribution in [0.25, 0.3) is 104 Å². The Morgan fingerprint density at radius 2 is 0.925 bits per heavy atom. The van der Waals surface area contributed by atoms with E-state index >= 15 is 0 Å². The molecule has 11 aromatic rings. The average molecular weight is 673 g/mol.